The predicted octanol–water partition coefficient (Wildman–Crippen LogP) is 0.413. The van der Waals surface area contributed by atoms with Crippen molar-refractivity contribution in [2.24, 2.45) is 0 Å². The number of hydrogen-bond donors (Lipinski definition) is 0. The van der Waals surface area contributed by atoms with Crippen LogP contribution in [0.2, 0.25) is 0 Å². The molecule has 3 aliphatic rings. The molecule has 0 amide bonds. The molecule has 7 nitrogen and oxygen atoms in total. The lowest BCUT2D eigenvalue weighted by Crippen LogP contribution is -2.43. The summed E-state index contributed by atoms with van der Waals surface area (Å²) in [5.74, 6) is -0.695. The monoisotopic (exact) mass is 260 g/mol. The third kappa shape index (κ3) is 1.87. The average molecular weight is 260 g/mol. The first-order valence-electron chi connectivity index (χ1n) is 5.87. The van der Waals surface area contributed by atoms with Crippen molar-refractivity contribution < 1.29 is 33.2 Å². The summed E-state index contributed by atoms with van der Waals surface area (Å²) in [6.45, 7) is 3.79. The fourth-order valence-electron chi connectivity index (χ4n) is 2.58. The highest BCUT2D eigenvalue weighted by Gasteiger charge is 2.58. The predicted molar refractivity (Wildman–Crippen MR) is 55.7 cm³/mol. The highest BCUT2D eigenvalue weighted by Crippen LogP contribution is 2.40. The number of cyclic esters (lactones) is 2. The van der Waals surface area contributed by atoms with Gasteiger partial charge in [0.05, 0.1) is 0 Å². The van der Waals surface area contributed by atoms with Crippen LogP contribution in [0.25, 0.3) is 0 Å². The summed E-state index contributed by atoms with van der Waals surface area (Å²) < 4.78 is 32.3. The van der Waals surface area contributed by atoms with E-state index >= 15 is 0 Å². The van der Waals surface area contributed by atoms with Crippen LogP contribution in [-0.4, -0.2) is 56.4 Å². The van der Waals surface area contributed by atoms with Crippen molar-refractivity contribution in [3.63, 3.8) is 0 Å². The van der Waals surface area contributed by atoms with Crippen LogP contribution in [0.3, 0.4) is 0 Å². The molecule has 3 rings (SSSR count). The zero-order valence-corrected chi connectivity index (χ0v) is 10.5. The number of hydrogen-bond acceptors (Lipinski definition) is 7. The van der Waals surface area contributed by atoms with Gasteiger partial charge in [0, 0.05) is 7.11 Å². The van der Waals surface area contributed by atoms with E-state index in [0.29, 0.717) is 0 Å². The Morgan fingerprint density at radius 2 is 2.06 bits per heavy atom. The van der Waals surface area contributed by atoms with Gasteiger partial charge in [-0.15, -0.1) is 0 Å². The van der Waals surface area contributed by atoms with Crippen molar-refractivity contribution in [2.75, 3.05) is 13.7 Å². The summed E-state index contributed by atoms with van der Waals surface area (Å²) in [5, 5.41) is 0. The third-order valence-electron chi connectivity index (χ3n) is 3.28. The molecule has 0 N–H and O–H groups in total. The van der Waals surface area contributed by atoms with Gasteiger partial charge in [0.1, 0.15) is 24.9 Å². The van der Waals surface area contributed by atoms with Crippen molar-refractivity contribution in [3.8, 4) is 0 Å². The largest absolute Gasteiger partial charge is 0.508 e. The molecule has 102 valence electrons. The first kappa shape index (κ1) is 12.2. The van der Waals surface area contributed by atoms with Gasteiger partial charge in [-0.2, -0.15) is 0 Å². The molecule has 0 aromatic carbocycles. The molecule has 18 heavy (non-hydrogen) atoms. The van der Waals surface area contributed by atoms with Crippen molar-refractivity contribution in [1.82, 2.24) is 0 Å². The van der Waals surface area contributed by atoms with Gasteiger partial charge in [-0.1, -0.05) is 0 Å². The Labute approximate surface area is 104 Å². The van der Waals surface area contributed by atoms with Gasteiger partial charge >= 0.3 is 6.16 Å². The standard InChI is InChI=1S/C11H16O7/c1-11(2)17-8-7(13-3)6(16-9(8)18-11)5-4-14-10(12)15-5/h5-9H,4H2,1-3H3/t5-,6-,7+,8-,9-/m1/s1. The van der Waals surface area contributed by atoms with E-state index in [4.69, 9.17) is 28.4 Å². The Morgan fingerprint density at radius 1 is 1.28 bits per heavy atom. The van der Waals surface area contributed by atoms with Gasteiger partial charge in [-0.05, 0) is 13.8 Å². The molecule has 0 unspecified atom stereocenters. The number of carbonyl (C=O) groups is 1. The second-order valence-corrected chi connectivity index (χ2v) is 4.99. The smallest absolute Gasteiger partial charge is 0.430 e. The summed E-state index contributed by atoms with van der Waals surface area (Å²) in [4.78, 5) is 11.0. The SMILES string of the molecule is CO[C@@H]1[C@H]2OC(C)(C)O[C@H]2O[C@@H]1[C@H]1COC(=O)O1. The summed E-state index contributed by atoms with van der Waals surface area (Å²) in [5.41, 5.74) is 0. The average Bonchev–Trinajstić information content (AvgIpc) is 2.89. The Balaban J connectivity index is 1.74. The van der Waals surface area contributed by atoms with E-state index in [9.17, 15) is 4.79 Å². The Bertz CT molecular complexity index is 355. The maximum absolute atomic E-state index is 11.0. The minimum atomic E-state index is -0.695. The molecule has 0 spiro atoms. The zero-order chi connectivity index (χ0) is 12.9. The number of fused-ring (bicyclic) bond motifs is 1. The molecular formula is C11H16O7. The van der Waals surface area contributed by atoms with Crippen LogP contribution in [0.4, 0.5) is 4.79 Å². The Hall–Kier alpha value is -0.890. The van der Waals surface area contributed by atoms with E-state index in [1.165, 1.54) is 0 Å². The van der Waals surface area contributed by atoms with Crippen LogP contribution < -0.4 is 0 Å². The normalized spacial score (nSPS) is 45.7. The fraction of sp³-hybridized carbons (Fsp3) is 0.909. The van der Waals surface area contributed by atoms with E-state index < -0.39 is 30.4 Å². The highest BCUT2D eigenvalue weighted by molar-refractivity contribution is 5.62. The van der Waals surface area contributed by atoms with E-state index in [-0.39, 0.29) is 18.8 Å². The van der Waals surface area contributed by atoms with E-state index in [2.05, 4.69) is 0 Å². The Kier molecular flexibility index (Phi) is 2.74. The van der Waals surface area contributed by atoms with Crippen molar-refractivity contribution in [1.29, 1.82) is 0 Å². The van der Waals surface area contributed by atoms with Gasteiger partial charge in [0.25, 0.3) is 0 Å². The molecule has 7 heteroatoms. The van der Waals surface area contributed by atoms with Crippen LogP contribution in [0.15, 0.2) is 0 Å². The minimum Gasteiger partial charge on any atom is -0.430 e. The van der Waals surface area contributed by atoms with Gasteiger partial charge in [-0.3, -0.25) is 0 Å². The Morgan fingerprint density at radius 3 is 2.67 bits per heavy atom. The van der Waals surface area contributed by atoms with Gasteiger partial charge < -0.3 is 28.4 Å². The molecule has 0 saturated carbocycles. The summed E-state index contributed by atoms with van der Waals surface area (Å²) in [6, 6.07) is 0. The molecule has 3 fully saturated rings. The topological polar surface area (TPSA) is 72.5 Å². The van der Waals surface area contributed by atoms with Crippen LogP contribution in [0.1, 0.15) is 13.8 Å². The number of ether oxygens (including phenoxy) is 6. The third-order valence-corrected chi connectivity index (χ3v) is 3.28. The van der Waals surface area contributed by atoms with Crippen LogP contribution in [0, 0.1) is 0 Å². The number of methoxy groups -OCH3 is 1. The lowest BCUT2D eigenvalue weighted by Gasteiger charge is -2.26. The summed E-state index contributed by atoms with van der Waals surface area (Å²) in [7, 11) is 1.57. The van der Waals surface area contributed by atoms with Gasteiger partial charge in [0.2, 0.25) is 0 Å². The first-order valence-corrected chi connectivity index (χ1v) is 5.87. The maximum Gasteiger partial charge on any atom is 0.508 e. The number of rotatable bonds is 2. The minimum absolute atomic E-state index is 0.159. The van der Waals surface area contributed by atoms with Gasteiger partial charge in [-0.25, -0.2) is 4.79 Å². The molecule has 0 aromatic rings. The lowest BCUT2D eigenvalue weighted by molar-refractivity contribution is -0.225. The van der Waals surface area contributed by atoms with E-state index in [1.54, 1.807) is 7.11 Å². The fourth-order valence-corrected chi connectivity index (χ4v) is 2.58. The van der Waals surface area contributed by atoms with Crippen LogP contribution in [0.5, 0.6) is 0 Å². The molecule has 3 aliphatic heterocycles. The van der Waals surface area contributed by atoms with Crippen molar-refractivity contribution in [3.05, 3.63) is 0 Å². The van der Waals surface area contributed by atoms with Gasteiger partial charge in [0.15, 0.2) is 18.2 Å². The second-order valence-electron chi connectivity index (χ2n) is 4.99. The summed E-state index contributed by atoms with van der Waals surface area (Å²) in [6.07, 6.45) is -2.78. The molecule has 0 radical (unpaired) electrons. The molecule has 3 heterocycles. The van der Waals surface area contributed by atoms with Crippen LogP contribution in [-0.2, 0) is 28.4 Å². The number of carbonyl (C=O) groups excluding carboxylic acids is 1. The molecule has 0 aromatic heterocycles. The second kappa shape index (κ2) is 4.06. The molecular weight excluding hydrogens is 244 g/mol. The highest BCUT2D eigenvalue weighted by atomic mass is 16.8. The first-order chi connectivity index (χ1) is 8.50. The molecule has 3 saturated heterocycles. The van der Waals surface area contributed by atoms with E-state index in [1.807, 2.05) is 13.8 Å². The zero-order valence-electron chi connectivity index (χ0n) is 10.5. The van der Waals surface area contributed by atoms with E-state index in [0.717, 1.165) is 0 Å². The van der Waals surface area contributed by atoms with Crippen molar-refractivity contribution in [2.45, 2.75) is 50.3 Å². The van der Waals surface area contributed by atoms with Crippen LogP contribution >= 0.6 is 0 Å². The lowest BCUT2D eigenvalue weighted by atomic mass is 10.1. The van der Waals surface area contributed by atoms with Crippen molar-refractivity contribution >= 4 is 6.16 Å². The maximum atomic E-state index is 11.0. The molecule has 0 aliphatic carbocycles. The summed E-state index contributed by atoms with van der Waals surface area (Å²) >= 11 is 0. The quantitative estimate of drug-likeness (QED) is 0.666. The molecule has 5 atom stereocenters. The molecule has 0 bridgehead atoms.